The number of aliphatic carboxylic acids is 1. The SMILES string of the molecule is CCCC(C)NC(=O)C(C)n1cc(CCC(=O)O)nn1. The second-order valence-electron chi connectivity index (χ2n) is 4.96. The molecule has 0 aliphatic rings. The Morgan fingerprint density at radius 2 is 2.15 bits per heavy atom. The van der Waals surface area contributed by atoms with Crippen molar-refractivity contribution in [1.29, 1.82) is 0 Å². The molecule has 7 nitrogen and oxygen atoms in total. The Morgan fingerprint density at radius 3 is 2.75 bits per heavy atom. The average Bonchev–Trinajstić information content (AvgIpc) is 2.84. The van der Waals surface area contributed by atoms with Crippen molar-refractivity contribution in [1.82, 2.24) is 20.3 Å². The monoisotopic (exact) mass is 282 g/mol. The summed E-state index contributed by atoms with van der Waals surface area (Å²) in [6.07, 6.45) is 3.89. The van der Waals surface area contributed by atoms with E-state index in [-0.39, 0.29) is 18.4 Å². The molecule has 2 unspecified atom stereocenters. The van der Waals surface area contributed by atoms with Crippen molar-refractivity contribution in [2.24, 2.45) is 0 Å². The van der Waals surface area contributed by atoms with Crippen LogP contribution in [0.1, 0.15) is 51.8 Å². The number of aryl methyl sites for hydroxylation is 1. The van der Waals surface area contributed by atoms with Gasteiger partial charge in [-0.2, -0.15) is 0 Å². The molecule has 2 N–H and O–H groups in total. The molecule has 1 aromatic rings. The van der Waals surface area contributed by atoms with Crippen molar-refractivity contribution in [3.8, 4) is 0 Å². The van der Waals surface area contributed by atoms with E-state index in [2.05, 4.69) is 22.6 Å². The Balaban J connectivity index is 2.56. The maximum Gasteiger partial charge on any atom is 0.303 e. The van der Waals surface area contributed by atoms with Crippen molar-refractivity contribution in [2.45, 2.75) is 58.5 Å². The molecular formula is C13H22N4O3. The molecule has 0 saturated carbocycles. The fraction of sp³-hybridized carbons (Fsp3) is 0.692. The first-order chi connectivity index (χ1) is 9.43. The summed E-state index contributed by atoms with van der Waals surface area (Å²) >= 11 is 0. The van der Waals surface area contributed by atoms with E-state index in [1.807, 2.05) is 6.92 Å². The molecule has 1 rings (SSSR count). The van der Waals surface area contributed by atoms with Gasteiger partial charge >= 0.3 is 5.97 Å². The number of aromatic nitrogens is 3. The zero-order valence-electron chi connectivity index (χ0n) is 12.2. The Hall–Kier alpha value is -1.92. The highest BCUT2D eigenvalue weighted by atomic mass is 16.4. The molecule has 0 fully saturated rings. The molecule has 0 aromatic carbocycles. The third-order valence-electron chi connectivity index (χ3n) is 3.04. The molecule has 20 heavy (non-hydrogen) atoms. The first-order valence-corrected chi connectivity index (χ1v) is 6.87. The van der Waals surface area contributed by atoms with Gasteiger partial charge in [0.25, 0.3) is 0 Å². The lowest BCUT2D eigenvalue weighted by Gasteiger charge is -2.16. The second-order valence-corrected chi connectivity index (χ2v) is 4.96. The molecule has 0 aliphatic heterocycles. The molecule has 0 saturated heterocycles. The number of carboxylic acid groups (broad SMARTS) is 1. The van der Waals surface area contributed by atoms with Crippen molar-refractivity contribution < 1.29 is 14.7 Å². The summed E-state index contributed by atoms with van der Waals surface area (Å²) in [6, 6.07) is -0.328. The Morgan fingerprint density at radius 1 is 1.45 bits per heavy atom. The first kappa shape index (κ1) is 16.1. The van der Waals surface area contributed by atoms with E-state index < -0.39 is 12.0 Å². The molecule has 0 radical (unpaired) electrons. The van der Waals surface area contributed by atoms with Crippen LogP contribution in [0, 0.1) is 0 Å². The highest BCUT2D eigenvalue weighted by molar-refractivity contribution is 5.80. The van der Waals surface area contributed by atoms with Gasteiger partial charge in [-0.15, -0.1) is 5.10 Å². The summed E-state index contributed by atoms with van der Waals surface area (Å²) in [4.78, 5) is 22.5. The third-order valence-corrected chi connectivity index (χ3v) is 3.04. The van der Waals surface area contributed by atoms with E-state index >= 15 is 0 Å². The lowest BCUT2D eigenvalue weighted by atomic mass is 10.2. The quantitative estimate of drug-likeness (QED) is 0.745. The standard InChI is InChI=1S/C13H22N4O3/c1-4-5-9(2)14-13(20)10(3)17-8-11(15-16-17)6-7-12(18)19/h8-10H,4-7H2,1-3H3,(H,14,20)(H,18,19). The first-order valence-electron chi connectivity index (χ1n) is 6.87. The van der Waals surface area contributed by atoms with Gasteiger partial charge in [-0.3, -0.25) is 9.59 Å². The number of carbonyl (C=O) groups excluding carboxylic acids is 1. The van der Waals surface area contributed by atoms with Gasteiger partial charge in [0.2, 0.25) is 5.91 Å². The molecule has 0 aliphatic carbocycles. The average molecular weight is 282 g/mol. The Bertz CT molecular complexity index is 458. The fourth-order valence-corrected chi connectivity index (χ4v) is 1.84. The molecule has 1 heterocycles. The van der Waals surface area contributed by atoms with Gasteiger partial charge in [0.1, 0.15) is 6.04 Å². The second kappa shape index (κ2) is 7.62. The van der Waals surface area contributed by atoms with E-state index in [0.717, 1.165) is 12.8 Å². The molecule has 1 amide bonds. The Kier molecular flexibility index (Phi) is 6.14. The van der Waals surface area contributed by atoms with E-state index in [9.17, 15) is 9.59 Å². The van der Waals surface area contributed by atoms with E-state index in [1.54, 1.807) is 13.1 Å². The molecule has 2 atom stereocenters. The van der Waals surface area contributed by atoms with Gasteiger partial charge in [0, 0.05) is 18.7 Å². The van der Waals surface area contributed by atoms with Gasteiger partial charge in [-0.1, -0.05) is 18.6 Å². The summed E-state index contributed by atoms with van der Waals surface area (Å²) in [5, 5.41) is 19.3. The summed E-state index contributed by atoms with van der Waals surface area (Å²) in [6.45, 7) is 5.77. The molecule has 1 aromatic heterocycles. The Labute approximate surface area is 118 Å². The zero-order chi connectivity index (χ0) is 15.1. The van der Waals surface area contributed by atoms with E-state index in [4.69, 9.17) is 5.11 Å². The summed E-state index contributed by atoms with van der Waals surface area (Å²) < 4.78 is 1.46. The van der Waals surface area contributed by atoms with E-state index in [0.29, 0.717) is 12.1 Å². The zero-order valence-corrected chi connectivity index (χ0v) is 12.2. The summed E-state index contributed by atoms with van der Waals surface area (Å²) in [5.74, 6) is -0.987. The maximum absolute atomic E-state index is 12.0. The highest BCUT2D eigenvalue weighted by Crippen LogP contribution is 2.07. The predicted molar refractivity (Wildman–Crippen MR) is 73.2 cm³/mol. The van der Waals surface area contributed by atoms with Gasteiger partial charge in [0.15, 0.2) is 0 Å². The number of carboxylic acids is 1. The van der Waals surface area contributed by atoms with Crippen LogP contribution in [0.4, 0.5) is 0 Å². The van der Waals surface area contributed by atoms with Crippen LogP contribution >= 0.6 is 0 Å². The van der Waals surface area contributed by atoms with Crippen LogP contribution in [-0.2, 0) is 16.0 Å². The van der Waals surface area contributed by atoms with Crippen LogP contribution in [0.25, 0.3) is 0 Å². The lowest BCUT2D eigenvalue weighted by molar-refractivity contribution is -0.137. The molecule has 0 bridgehead atoms. The van der Waals surface area contributed by atoms with Crippen molar-refractivity contribution in [3.05, 3.63) is 11.9 Å². The highest BCUT2D eigenvalue weighted by Gasteiger charge is 2.18. The number of amides is 1. The normalized spacial score (nSPS) is 13.8. The van der Waals surface area contributed by atoms with Gasteiger partial charge in [-0.25, -0.2) is 4.68 Å². The number of nitrogens with one attached hydrogen (secondary N) is 1. The minimum atomic E-state index is -0.876. The largest absolute Gasteiger partial charge is 0.481 e. The maximum atomic E-state index is 12.0. The molecule has 112 valence electrons. The third kappa shape index (κ3) is 4.99. The van der Waals surface area contributed by atoms with E-state index in [1.165, 1.54) is 4.68 Å². The van der Waals surface area contributed by atoms with Crippen LogP contribution in [-0.4, -0.2) is 38.0 Å². The van der Waals surface area contributed by atoms with Crippen molar-refractivity contribution >= 4 is 11.9 Å². The van der Waals surface area contributed by atoms with Crippen LogP contribution in [0.15, 0.2) is 6.20 Å². The number of hydrogen-bond donors (Lipinski definition) is 2. The minimum absolute atomic E-state index is 0.00675. The topological polar surface area (TPSA) is 97.1 Å². The van der Waals surface area contributed by atoms with Crippen LogP contribution in [0.5, 0.6) is 0 Å². The summed E-state index contributed by atoms with van der Waals surface area (Å²) in [5.41, 5.74) is 0.577. The fourth-order valence-electron chi connectivity index (χ4n) is 1.84. The van der Waals surface area contributed by atoms with Crippen molar-refractivity contribution in [2.75, 3.05) is 0 Å². The molecule has 7 heteroatoms. The van der Waals surface area contributed by atoms with Crippen molar-refractivity contribution in [3.63, 3.8) is 0 Å². The van der Waals surface area contributed by atoms with Gasteiger partial charge in [0.05, 0.1) is 12.1 Å². The van der Waals surface area contributed by atoms with Crippen LogP contribution in [0.3, 0.4) is 0 Å². The smallest absolute Gasteiger partial charge is 0.303 e. The number of rotatable bonds is 8. The number of nitrogens with zero attached hydrogens (tertiary/aromatic N) is 3. The van der Waals surface area contributed by atoms with Gasteiger partial charge in [-0.05, 0) is 20.3 Å². The number of hydrogen-bond acceptors (Lipinski definition) is 4. The lowest BCUT2D eigenvalue weighted by Crippen LogP contribution is -2.37. The van der Waals surface area contributed by atoms with Crippen LogP contribution < -0.4 is 5.32 Å². The number of carbonyl (C=O) groups is 2. The molecule has 0 spiro atoms. The van der Waals surface area contributed by atoms with Gasteiger partial charge < -0.3 is 10.4 Å². The minimum Gasteiger partial charge on any atom is -0.481 e. The van der Waals surface area contributed by atoms with Crippen LogP contribution in [0.2, 0.25) is 0 Å². The predicted octanol–water partition coefficient (Wildman–Crippen LogP) is 1.16. The summed E-state index contributed by atoms with van der Waals surface area (Å²) in [7, 11) is 0. The molecular weight excluding hydrogens is 260 g/mol.